The SMILES string of the molecule is CCCNC(=O)NC(=O)CN1CCCC(CC(=O)O)C1. The number of carbonyl (C=O) groups is 3. The first-order valence-corrected chi connectivity index (χ1v) is 7.03. The smallest absolute Gasteiger partial charge is 0.321 e. The van der Waals surface area contributed by atoms with Gasteiger partial charge in [-0.15, -0.1) is 0 Å². The van der Waals surface area contributed by atoms with Crippen LogP contribution < -0.4 is 10.6 Å². The Balaban J connectivity index is 2.30. The molecule has 1 saturated heterocycles. The summed E-state index contributed by atoms with van der Waals surface area (Å²) >= 11 is 0. The van der Waals surface area contributed by atoms with Crippen molar-refractivity contribution in [2.24, 2.45) is 5.92 Å². The summed E-state index contributed by atoms with van der Waals surface area (Å²) in [6, 6.07) is -0.476. The van der Waals surface area contributed by atoms with Gasteiger partial charge in [-0.2, -0.15) is 0 Å². The van der Waals surface area contributed by atoms with Crippen LogP contribution in [0.3, 0.4) is 0 Å². The fourth-order valence-corrected chi connectivity index (χ4v) is 2.36. The lowest BCUT2D eigenvalue weighted by molar-refractivity contribution is -0.138. The van der Waals surface area contributed by atoms with Gasteiger partial charge in [-0.3, -0.25) is 19.8 Å². The predicted molar refractivity (Wildman–Crippen MR) is 73.2 cm³/mol. The van der Waals surface area contributed by atoms with E-state index in [1.54, 1.807) is 0 Å². The van der Waals surface area contributed by atoms with Crippen LogP contribution in [0.5, 0.6) is 0 Å². The van der Waals surface area contributed by atoms with Gasteiger partial charge in [-0.25, -0.2) is 4.79 Å². The molecule has 3 amide bonds. The predicted octanol–water partition coefficient (Wildman–Crippen LogP) is 0.409. The average Bonchev–Trinajstić information content (AvgIpc) is 2.35. The van der Waals surface area contributed by atoms with E-state index in [4.69, 9.17) is 5.11 Å². The highest BCUT2D eigenvalue weighted by molar-refractivity contribution is 5.95. The number of nitrogens with zero attached hydrogens (tertiary/aromatic N) is 1. The highest BCUT2D eigenvalue weighted by atomic mass is 16.4. The molecule has 7 heteroatoms. The van der Waals surface area contributed by atoms with Gasteiger partial charge in [0, 0.05) is 19.5 Å². The molecule has 1 atom stereocenters. The lowest BCUT2D eigenvalue weighted by atomic mass is 9.95. The van der Waals surface area contributed by atoms with E-state index in [2.05, 4.69) is 10.6 Å². The molecule has 0 saturated carbocycles. The molecule has 114 valence electrons. The second-order valence-corrected chi connectivity index (χ2v) is 5.15. The van der Waals surface area contributed by atoms with Gasteiger partial charge in [-0.05, 0) is 31.7 Å². The summed E-state index contributed by atoms with van der Waals surface area (Å²) in [5.41, 5.74) is 0. The summed E-state index contributed by atoms with van der Waals surface area (Å²) in [6.07, 6.45) is 2.70. The zero-order valence-corrected chi connectivity index (χ0v) is 11.9. The zero-order chi connectivity index (χ0) is 15.0. The third-order valence-electron chi connectivity index (χ3n) is 3.22. The van der Waals surface area contributed by atoms with E-state index in [0.29, 0.717) is 13.1 Å². The van der Waals surface area contributed by atoms with Crippen LogP contribution >= 0.6 is 0 Å². The molecule has 0 bridgehead atoms. The van der Waals surface area contributed by atoms with Crippen LogP contribution in [-0.2, 0) is 9.59 Å². The molecule has 7 nitrogen and oxygen atoms in total. The van der Waals surface area contributed by atoms with Gasteiger partial charge in [0.2, 0.25) is 5.91 Å². The van der Waals surface area contributed by atoms with Crippen molar-refractivity contribution in [1.29, 1.82) is 0 Å². The molecule has 20 heavy (non-hydrogen) atoms. The number of piperidine rings is 1. The van der Waals surface area contributed by atoms with Crippen molar-refractivity contribution < 1.29 is 19.5 Å². The molecular weight excluding hydrogens is 262 g/mol. The molecule has 1 aliphatic rings. The van der Waals surface area contributed by atoms with Crippen LogP contribution in [0.2, 0.25) is 0 Å². The van der Waals surface area contributed by atoms with Crippen molar-refractivity contribution in [2.75, 3.05) is 26.2 Å². The summed E-state index contributed by atoms with van der Waals surface area (Å²) in [5.74, 6) is -1.07. The Morgan fingerprint density at radius 1 is 1.35 bits per heavy atom. The first kappa shape index (κ1) is 16.4. The molecule has 1 aliphatic heterocycles. The molecule has 1 unspecified atom stereocenters. The van der Waals surface area contributed by atoms with Gasteiger partial charge >= 0.3 is 12.0 Å². The van der Waals surface area contributed by atoms with Crippen LogP contribution in [0.25, 0.3) is 0 Å². The molecular formula is C13H23N3O4. The summed E-state index contributed by atoms with van der Waals surface area (Å²) in [7, 11) is 0. The molecule has 0 aromatic heterocycles. The van der Waals surface area contributed by atoms with Crippen LogP contribution in [0, 0.1) is 5.92 Å². The molecule has 1 heterocycles. The minimum Gasteiger partial charge on any atom is -0.481 e. The van der Waals surface area contributed by atoms with E-state index in [1.165, 1.54) is 0 Å². The van der Waals surface area contributed by atoms with Gasteiger partial charge in [-0.1, -0.05) is 6.92 Å². The number of carbonyl (C=O) groups excluding carboxylic acids is 2. The molecule has 0 aliphatic carbocycles. The summed E-state index contributed by atoms with van der Waals surface area (Å²) in [6.45, 7) is 3.95. The van der Waals surface area contributed by atoms with Crippen LogP contribution in [0.15, 0.2) is 0 Å². The first-order chi connectivity index (χ1) is 9.51. The van der Waals surface area contributed by atoms with Gasteiger partial charge in [0.25, 0.3) is 0 Å². The number of imide groups is 1. The van der Waals surface area contributed by atoms with E-state index < -0.39 is 12.0 Å². The molecule has 3 N–H and O–H groups in total. The summed E-state index contributed by atoms with van der Waals surface area (Å²) in [5, 5.41) is 13.6. The van der Waals surface area contributed by atoms with Crippen molar-refractivity contribution >= 4 is 17.9 Å². The minimum absolute atomic E-state index is 0.0861. The van der Waals surface area contributed by atoms with Crippen LogP contribution in [0.4, 0.5) is 4.79 Å². The monoisotopic (exact) mass is 285 g/mol. The number of carboxylic acids is 1. The first-order valence-electron chi connectivity index (χ1n) is 7.03. The average molecular weight is 285 g/mol. The normalized spacial score (nSPS) is 19.4. The fourth-order valence-electron chi connectivity index (χ4n) is 2.36. The standard InChI is InChI=1S/C13H23N3O4/c1-2-5-14-13(20)15-11(17)9-16-6-3-4-10(8-16)7-12(18)19/h10H,2-9H2,1H3,(H,18,19)(H2,14,15,17,20). The molecule has 0 aromatic carbocycles. The fraction of sp³-hybridized carbons (Fsp3) is 0.769. The number of hydrogen-bond donors (Lipinski definition) is 3. The Morgan fingerprint density at radius 3 is 2.75 bits per heavy atom. The van der Waals surface area contributed by atoms with Crippen molar-refractivity contribution in [3.8, 4) is 0 Å². The maximum Gasteiger partial charge on any atom is 0.321 e. The second kappa shape index (κ2) is 8.52. The van der Waals surface area contributed by atoms with E-state index >= 15 is 0 Å². The summed E-state index contributed by atoms with van der Waals surface area (Å²) < 4.78 is 0. The van der Waals surface area contributed by atoms with Gasteiger partial charge in [0.15, 0.2) is 0 Å². The number of nitrogens with one attached hydrogen (secondary N) is 2. The van der Waals surface area contributed by atoms with Gasteiger partial charge in [0.1, 0.15) is 0 Å². The maximum atomic E-state index is 11.7. The number of carboxylic acid groups (broad SMARTS) is 1. The van der Waals surface area contributed by atoms with E-state index in [1.807, 2.05) is 11.8 Å². The maximum absolute atomic E-state index is 11.7. The largest absolute Gasteiger partial charge is 0.481 e. The minimum atomic E-state index is -0.805. The Kier molecular flexibility index (Phi) is 7.00. The number of likely N-dealkylation sites (tertiary alicyclic amines) is 1. The van der Waals surface area contributed by atoms with Crippen molar-refractivity contribution in [2.45, 2.75) is 32.6 Å². The van der Waals surface area contributed by atoms with Crippen LogP contribution in [-0.4, -0.2) is 54.1 Å². The topological polar surface area (TPSA) is 98.7 Å². The third-order valence-corrected chi connectivity index (χ3v) is 3.22. The molecule has 1 rings (SSSR count). The Bertz CT molecular complexity index is 360. The Hall–Kier alpha value is -1.63. The Morgan fingerprint density at radius 2 is 2.10 bits per heavy atom. The van der Waals surface area contributed by atoms with Crippen molar-refractivity contribution in [3.63, 3.8) is 0 Å². The number of aliphatic carboxylic acids is 1. The van der Waals surface area contributed by atoms with Crippen molar-refractivity contribution in [1.82, 2.24) is 15.5 Å². The number of hydrogen-bond acceptors (Lipinski definition) is 4. The molecule has 1 fully saturated rings. The Labute approximate surface area is 118 Å². The quantitative estimate of drug-likeness (QED) is 0.656. The molecule has 0 spiro atoms. The number of rotatable bonds is 6. The lowest BCUT2D eigenvalue weighted by Crippen LogP contribution is -2.47. The van der Waals surface area contributed by atoms with E-state index in [9.17, 15) is 14.4 Å². The van der Waals surface area contributed by atoms with Crippen molar-refractivity contribution in [3.05, 3.63) is 0 Å². The number of amides is 3. The van der Waals surface area contributed by atoms with Gasteiger partial charge in [0.05, 0.1) is 6.54 Å². The number of urea groups is 1. The highest BCUT2D eigenvalue weighted by Crippen LogP contribution is 2.19. The summed E-state index contributed by atoms with van der Waals surface area (Å²) in [4.78, 5) is 35.6. The lowest BCUT2D eigenvalue weighted by Gasteiger charge is -2.31. The van der Waals surface area contributed by atoms with E-state index in [-0.39, 0.29) is 24.8 Å². The van der Waals surface area contributed by atoms with Crippen LogP contribution in [0.1, 0.15) is 32.6 Å². The van der Waals surface area contributed by atoms with Gasteiger partial charge < -0.3 is 10.4 Å². The third kappa shape index (κ3) is 6.51. The van der Waals surface area contributed by atoms with E-state index in [0.717, 1.165) is 25.8 Å². The zero-order valence-electron chi connectivity index (χ0n) is 11.9. The molecule has 0 radical (unpaired) electrons. The molecule has 0 aromatic rings. The highest BCUT2D eigenvalue weighted by Gasteiger charge is 2.23. The second-order valence-electron chi connectivity index (χ2n) is 5.15.